The minimum absolute atomic E-state index is 0.747. The Balaban J connectivity index is 1.33. The van der Waals surface area contributed by atoms with E-state index in [1.807, 2.05) is 54.9 Å². The SMILES string of the molecule is Nc1ccc(-c2ncc3c(n2)CCN(Cc2cn[nH]c2-c2ccccc2)C3)cc1. The molecular formula is C23H22N6. The molecule has 0 spiro atoms. The Hall–Kier alpha value is -3.51. The molecule has 2 aromatic carbocycles. The first-order valence-electron chi connectivity index (χ1n) is 9.77. The lowest BCUT2D eigenvalue weighted by atomic mass is 10.0. The van der Waals surface area contributed by atoms with Crippen molar-refractivity contribution in [3.63, 3.8) is 0 Å². The average molecular weight is 382 g/mol. The molecule has 0 fully saturated rings. The molecule has 2 aromatic heterocycles. The van der Waals surface area contributed by atoms with E-state index in [0.29, 0.717) is 0 Å². The van der Waals surface area contributed by atoms with Gasteiger partial charge in [-0.3, -0.25) is 10.00 Å². The van der Waals surface area contributed by atoms with Crippen LogP contribution < -0.4 is 5.73 Å². The Labute approximate surface area is 169 Å². The van der Waals surface area contributed by atoms with Crippen LogP contribution in [0.25, 0.3) is 22.6 Å². The normalized spacial score (nSPS) is 13.9. The summed E-state index contributed by atoms with van der Waals surface area (Å²) in [5.74, 6) is 0.762. The molecule has 1 aliphatic rings. The highest BCUT2D eigenvalue weighted by Gasteiger charge is 2.20. The van der Waals surface area contributed by atoms with Gasteiger partial charge in [-0.2, -0.15) is 5.10 Å². The number of nitrogens with two attached hydrogens (primary N) is 1. The Morgan fingerprint density at radius 1 is 0.966 bits per heavy atom. The number of aromatic nitrogens is 4. The van der Waals surface area contributed by atoms with Gasteiger partial charge >= 0.3 is 0 Å². The van der Waals surface area contributed by atoms with Crippen LogP contribution in [0.3, 0.4) is 0 Å². The summed E-state index contributed by atoms with van der Waals surface area (Å²) in [6.07, 6.45) is 4.81. The van der Waals surface area contributed by atoms with Crippen LogP contribution in [0.4, 0.5) is 5.69 Å². The molecule has 0 saturated carbocycles. The summed E-state index contributed by atoms with van der Waals surface area (Å²) < 4.78 is 0. The van der Waals surface area contributed by atoms with Crippen molar-refractivity contribution in [1.29, 1.82) is 0 Å². The summed E-state index contributed by atoms with van der Waals surface area (Å²) in [5, 5.41) is 7.42. The highest BCUT2D eigenvalue weighted by atomic mass is 15.2. The molecule has 0 unspecified atom stereocenters. The van der Waals surface area contributed by atoms with Crippen molar-refractivity contribution < 1.29 is 0 Å². The zero-order valence-corrected chi connectivity index (χ0v) is 16.0. The quantitative estimate of drug-likeness (QED) is 0.526. The van der Waals surface area contributed by atoms with Crippen LogP contribution in [0.2, 0.25) is 0 Å². The van der Waals surface area contributed by atoms with E-state index in [1.54, 1.807) is 0 Å². The number of nitrogens with zero attached hydrogens (tertiary/aromatic N) is 4. The lowest BCUT2D eigenvalue weighted by Gasteiger charge is -2.28. The van der Waals surface area contributed by atoms with E-state index in [2.05, 4.69) is 32.2 Å². The second-order valence-electron chi connectivity index (χ2n) is 7.38. The summed E-state index contributed by atoms with van der Waals surface area (Å²) in [4.78, 5) is 11.8. The molecule has 0 saturated heterocycles. The molecule has 29 heavy (non-hydrogen) atoms. The molecule has 4 aromatic rings. The van der Waals surface area contributed by atoms with Gasteiger partial charge < -0.3 is 5.73 Å². The van der Waals surface area contributed by atoms with Crippen molar-refractivity contribution in [2.75, 3.05) is 12.3 Å². The summed E-state index contributed by atoms with van der Waals surface area (Å²) in [7, 11) is 0. The maximum atomic E-state index is 5.78. The Bertz CT molecular complexity index is 1120. The van der Waals surface area contributed by atoms with Gasteiger partial charge in [0, 0.05) is 54.6 Å². The second kappa shape index (κ2) is 7.48. The summed E-state index contributed by atoms with van der Waals surface area (Å²) in [6, 6.07) is 18.0. The Morgan fingerprint density at radius 3 is 2.62 bits per heavy atom. The van der Waals surface area contributed by atoms with Crippen LogP contribution in [0.5, 0.6) is 0 Å². The fraction of sp³-hybridized carbons (Fsp3) is 0.174. The zero-order chi connectivity index (χ0) is 19.6. The molecule has 3 heterocycles. The van der Waals surface area contributed by atoms with Crippen molar-refractivity contribution in [3.8, 4) is 22.6 Å². The zero-order valence-electron chi connectivity index (χ0n) is 16.0. The molecule has 1 aliphatic heterocycles. The van der Waals surface area contributed by atoms with E-state index in [9.17, 15) is 0 Å². The highest BCUT2D eigenvalue weighted by molar-refractivity contribution is 5.62. The van der Waals surface area contributed by atoms with Crippen LogP contribution in [0.1, 0.15) is 16.8 Å². The van der Waals surface area contributed by atoms with Gasteiger partial charge in [0.05, 0.1) is 17.6 Å². The standard InChI is InChI=1S/C23H22N6/c24-20-8-6-17(7-9-20)23-25-12-18-14-29(11-10-21(18)27-23)15-19-13-26-28-22(19)16-4-2-1-3-5-16/h1-9,12-13H,10-11,14-15,24H2,(H,26,28). The highest BCUT2D eigenvalue weighted by Crippen LogP contribution is 2.26. The van der Waals surface area contributed by atoms with E-state index < -0.39 is 0 Å². The Morgan fingerprint density at radius 2 is 1.79 bits per heavy atom. The van der Waals surface area contributed by atoms with Crippen molar-refractivity contribution in [2.24, 2.45) is 0 Å². The van der Waals surface area contributed by atoms with Crippen molar-refractivity contribution >= 4 is 5.69 Å². The Kier molecular flexibility index (Phi) is 4.54. The van der Waals surface area contributed by atoms with Crippen LogP contribution >= 0.6 is 0 Å². The minimum atomic E-state index is 0.747. The molecule has 5 rings (SSSR count). The number of rotatable bonds is 4. The predicted molar refractivity (Wildman–Crippen MR) is 114 cm³/mol. The van der Waals surface area contributed by atoms with E-state index in [-0.39, 0.29) is 0 Å². The van der Waals surface area contributed by atoms with E-state index >= 15 is 0 Å². The van der Waals surface area contributed by atoms with Crippen LogP contribution in [0.15, 0.2) is 67.0 Å². The maximum Gasteiger partial charge on any atom is 0.159 e. The molecule has 3 N–H and O–H groups in total. The van der Waals surface area contributed by atoms with E-state index in [1.165, 1.54) is 11.1 Å². The topological polar surface area (TPSA) is 83.7 Å². The molecule has 0 radical (unpaired) electrons. The summed E-state index contributed by atoms with van der Waals surface area (Å²) in [5.41, 5.74) is 13.3. The van der Waals surface area contributed by atoms with Crippen LogP contribution in [-0.2, 0) is 19.5 Å². The third kappa shape index (κ3) is 3.62. The third-order valence-corrected chi connectivity index (χ3v) is 5.36. The fourth-order valence-electron chi connectivity index (χ4n) is 3.81. The first kappa shape index (κ1) is 17.6. The van der Waals surface area contributed by atoms with Gasteiger partial charge in [0.1, 0.15) is 0 Å². The first-order valence-corrected chi connectivity index (χ1v) is 9.77. The maximum absolute atomic E-state index is 5.78. The number of fused-ring (bicyclic) bond motifs is 1. The predicted octanol–water partition coefficient (Wildman–Crippen LogP) is 3.67. The molecular weight excluding hydrogens is 360 g/mol. The molecule has 0 bridgehead atoms. The number of nitrogens with one attached hydrogen (secondary N) is 1. The molecule has 0 amide bonds. The largest absolute Gasteiger partial charge is 0.399 e. The van der Waals surface area contributed by atoms with Crippen molar-refractivity contribution in [1.82, 2.24) is 25.1 Å². The molecule has 6 heteroatoms. The minimum Gasteiger partial charge on any atom is -0.399 e. The van der Waals surface area contributed by atoms with Gasteiger partial charge in [0.25, 0.3) is 0 Å². The smallest absolute Gasteiger partial charge is 0.159 e. The van der Waals surface area contributed by atoms with Crippen LogP contribution in [-0.4, -0.2) is 31.6 Å². The number of hydrogen-bond donors (Lipinski definition) is 2. The molecule has 0 aliphatic carbocycles. The second-order valence-corrected chi connectivity index (χ2v) is 7.38. The summed E-state index contributed by atoms with van der Waals surface area (Å²) in [6.45, 7) is 2.65. The first-order chi connectivity index (χ1) is 14.3. The van der Waals surface area contributed by atoms with E-state index in [0.717, 1.165) is 60.1 Å². The number of benzene rings is 2. The molecule has 0 atom stereocenters. The van der Waals surface area contributed by atoms with Crippen molar-refractivity contribution in [2.45, 2.75) is 19.5 Å². The number of hydrogen-bond acceptors (Lipinski definition) is 5. The molecule has 6 nitrogen and oxygen atoms in total. The summed E-state index contributed by atoms with van der Waals surface area (Å²) >= 11 is 0. The average Bonchev–Trinajstić information content (AvgIpc) is 3.23. The number of aromatic amines is 1. The van der Waals surface area contributed by atoms with Gasteiger partial charge in [0.2, 0.25) is 0 Å². The van der Waals surface area contributed by atoms with Gasteiger partial charge in [-0.25, -0.2) is 9.97 Å². The van der Waals surface area contributed by atoms with Gasteiger partial charge in [-0.1, -0.05) is 30.3 Å². The number of H-pyrrole nitrogens is 1. The van der Waals surface area contributed by atoms with Gasteiger partial charge in [-0.15, -0.1) is 0 Å². The number of anilines is 1. The van der Waals surface area contributed by atoms with Crippen molar-refractivity contribution in [3.05, 3.63) is 83.8 Å². The fourth-order valence-corrected chi connectivity index (χ4v) is 3.81. The van der Waals surface area contributed by atoms with Crippen LogP contribution in [0, 0.1) is 0 Å². The lowest BCUT2D eigenvalue weighted by molar-refractivity contribution is 0.243. The van der Waals surface area contributed by atoms with Gasteiger partial charge in [0.15, 0.2) is 5.82 Å². The monoisotopic (exact) mass is 382 g/mol. The lowest BCUT2D eigenvalue weighted by Crippen LogP contribution is -2.31. The molecule has 144 valence electrons. The third-order valence-electron chi connectivity index (χ3n) is 5.36. The van der Waals surface area contributed by atoms with E-state index in [4.69, 9.17) is 10.7 Å². The van der Waals surface area contributed by atoms with Gasteiger partial charge in [-0.05, 0) is 29.8 Å². The number of nitrogen functional groups attached to an aromatic ring is 1.